The number of hydrogen-bond acceptors (Lipinski definition) is 1. The molecule has 11 heavy (non-hydrogen) atoms. The molecule has 0 radical (unpaired) electrons. The Morgan fingerprint density at radius 3 is 2.36 bits per heavy atom. The first-order valence-electron chi connectivity index (χ1n) is 3.63. The molecule has 0 aromatic rings. The van der Waals surface area contributed by atoms with Crippen molar-refractivity contribution in [1.82, 2.24) is 0 Å². The molecule has 0 aromatic heterocycles. The zero-order valence-corrected chi connectivity index (χ0v) is 8.59. The smallest absolute Gasteiger partial charge is 0.191 e. The van der Waals surface area contributed by atoms with Crippen molar-refractivity contribution in [3.05, 3.63) is 0 Å². The van der Waals surface area contributed by atoms with Crippen LogP contribution in [0.3, 0.4) is 0 Å². The summed E-state index contributed by atoms with van der Waals surface area (Å²) in [6, 6.07) is 0. The highest BCUT2D eigenvalue weighted by molar-refractivity contribution is 6.67. The summed E-state index contributed by atoms with van der Waals surface area (Å²) in [5.74, 6) is 0.924. The van der Waals surface area contributed by atoms with E-state index >= 15 is 0 Å². The largest absolute Gasteiger partial charge is 0.381 e. The average Bonchev–Trinajstić information content (AvgIpc) is 2.12. The van der Waals surface area contributed by atoms with Gasteiger partial charge in [0.25, 0.3) is 0 Å². The molecule has 0 spiro atoms. The van der Waals surface area contributed by atoms with Crippen molar-refractivity contribution < 1.29 is 4.74 Å². The average molecular weight is 218 g/mol. The van der Waals surface area contributed by atoms with Gasteiger partial charge in [0.1, 0.15) is 0 Å². The zero-order chi connectivity index (χ0) is 8.48. The minimum Gasteiger partial charge on any atom is -0.381 e. The van der Waals surface area contributed by atoms with Crippen molar-refractivity contribution in [2.75, 3.05) is 13.2 Å². The maximum atomic E-state index is 5.65. The van der Waals surface area contributed by atoms with Crippen LogP contribution in [0.4, 0.5) is 0 Å². The minimum absolute atomic E-state index is 0.405. The Morgan fingerprint density at radius 1 is 1.36 bits per heavy atom. The molecule has 0 saturated carbocycles. The van der Waals surface area contributed by atoms with Gasteiger partial charge < -0.3 is 4.74 Å². The molecule has 0 bridgehead atoms. The van der Waals surface area contributed by atoms with Crippen LogP contribution in [-0.4, -0.2) is 17.0 Å². The summed E-state index contributed by atoms with van der Waals surface area (Å²) >= 11 is 17.0. The van der Waals surface area contributed by atoms with E-state index in [1.165, 1.54) is 0 Å². The number of alkyl halides is 3. The van der Waals surface area contributed by atoms with E-state index in [0.717, 1.165) is 13.2 Å². The van der Waals surface area contributed by atoms with Crippen LogP contribution in [0, 0.1) is 11.8 Å². The van der Waals surface area contributed by atoms with Gasteiger partial charge in [-0.2, -0.15) is 0 Å². The SMILES string of the molecule is CC1COCC1CC(Cl)(Cl)Cl. The molecule has 4 heteroatoms. The Balaban J connectivity index is 2.37. The van der Waals surface area contributed by atoms with Gasteiger partial charge >= 0.3 is 0 Å². The maximum Gasteiger partial charge on any atom is 0.191 e. The van der Waals surface area contributed by atoms with Gasteiger partial charge in [-0.3, -0.25) is 0 Å². The monoisotopic (exact) mass is 216 g/mol. The Morgan fingerprint density at radius 2 is 2.00 bits per heavy atom. The molecule has 0 aliphatic carbocycles. The van der Waals surface area contributed by atoms with Gasteiger partial charge in [-0.25, -0.2) is 0 Å². The topological polar surface area (TPSA) is 9.23 Å². The summed E-state index contributed by atoms with van der Waals surface area (Å²) in [6.07, 6.45) is 0.596. The van der Waals surface area contributed by atoms with Gasteiger partial charge in [-0.1, -0.05) is 41.7 Å². The number of halogens is 3. The van der Waals surface area contributed by atoms with Crippen molar-refractivity contribution in [2.24, 2.45) is 11.8 Å². The van der Waals surface area contributed by atoms with Crippen LogP contribution in [0.5, 0.6) is 0 Å². The van der Waals surface area contributed by atoms with E-state index in [1.54, 1.807) is 0 Å². The van der Waals surface area contributed by atoms with Crippen LogP contribution >= 0.6 is 34.8 Å². The van der Waals surface area contributed by atoms with Crippen LogP contribution in [-0.2, 0) is 4.74 Å². The van der Waals surface area contributed by atoms with Gasteiger partial charge in [0.2, 0.25) is 0 Å². The van der Waals surface area contributed by atoms with E-state index in [9.17, 15) is 0 Å². The molecule has 2 unspecified atom stereocenters. The molecule has 1 rings (SSSR count). The fourth-order valence-corrected chi connectivity index (χ4v) is 1.86. The molecular formula is C7H11Cl3O. The lowest BCUT2D eigenvalue weighted by molar-refractivity contribution is 0.181. The number of rotatable bonds is 1. The van der Waals surface area contributed by atoms with Gasteiger partial charge in [0.05, 0.1) is 0 Å². The second kappa shape index (κ2) is 3.69. The third kappa shape index (κ3) is 3.37. The van der Waals surface area contributed by atoms with E-state index in [1.807, 2.05) is 0 Å². The lowest BCUT2D eigenvalue weighted by atomic mass is 9.96. The highest BCUT2D eigenvalue weighted by atomic mass is 35.6. The van der Waals surface area contributed by atoms with Gasteiger partial charge in [-0.05, 0) is 18.3 Å². The third-order valence-corrected chi connectivity index (χ3v) is 2.47. The van der Waals surface area contributed by atoms with Crippen molar-refractivity contribution in [1.29, 1.82) is 0 Å². The maximum absolute atomic E-state index is 5.65. The lowest BCUT2D eigenvalue weighted by Gasteiger charge is -2.18. The molecule has 0 N–H and O–H groups in total. The van der Waals surface area contributed by atoms with Crippen molar-refractivity contribution >= 4 is 34.8 Å². The summed E-state index contributed by atoms with van der Waals surface area (Å²) in [7, 11) is 0. The van der Waals surface area contributed by atoms with E-state index in [-0.39, 0.29) is 0 Å². The van der Waals surface area contributed by atoms with Gasteiger partial charge in [-0.15, -0.1) is 0 Å². The molecule has 1 fully saturated rings. The third-order valence-electron chi connectivity index (χ3n) is 2.01. The molecular weight excluding hydrogens is 206 g/mol. The summed E-state index contributed by atoms with van der Waals surface area (Å²) in [5.41, 5.74) is 0. The summed E-state index contributed by atoms with van der Waals surface area (Å²) < 4.78 is 4.12. The molecule has 1 aliphatic rings. The first-order valence-corrected chi connectivity index (χ1v) is 4.77. The molecule has 1 nitrogen and oxygen atoms in total. The Hall–Kier alpha value is 0.830. The van der Waals surface area contributed by atoms with Crippen molar-refractivity contribution in [3.8, 4) is 0 Å². The van der Waals surface area contributed by atoms with E-state index in [0.29, 0.717) is 18.3 Å². The first kappa shape index (κ1) is 9.91. The van der Waals surface area contributed by atoms with E-state index in [2.05, 4.69) is 6.92 Å². The standard InChI is InChI=1S/C7H11Cl3O/c1-5-3-11-4-6(5)2-7(8,9)10/h5-6H,2-4H2,1H3. The van der Waals surface area contributed by atoms with Crippen LogP contribution in [0.2, 0.25) is 0 Å². The zero-order valence-electron chi connectivity index (χ0n) is 6.32. The molecule has 1 heterocycles. The lowest BCUT2D eigenvalue weighted by Crippen LogP contribution is -2.16. The fraction of sp³-hybridized carbons (Fsp3) is 1.00. The van der Waals surface area contributed by atoms with E-state index in [4.69, 9.17) is 39.5 Å². The molecule has 1 aliphatic heterocycles. The second-order valence-electron chi connectivity index (χ2n) is 3.09. The summed E-state index contributed by atoms with van der Waals surface area (Å²) in [6.45, 7) is 3.65. The molecule has 1 saturated heterocycles. The highest BCUT2D eigenvalue weighted by Crippen LogP contribution is 2.37. The van der Waals surface area contributed by atoms with Crippen LogP contribution < -0.4 is 0 Å². The Bertz CT molecular complexity index is 132. The predicted molar refractivity (Wildman–Crippen MR) is 48.4 cm³/mol. The molecule has 0 amide bonds. The Kier molecular flexibility index (Phi) is 3.33. The molecule has 66 valence electrons. The van der Waals surface area contributed by atoms with Crippen molar-refractivity contribution in [2.45, 2.75) is 17.1 Å². The van der Waals surface area contributed by atoms with Crippen LogP contribution in [0.1, 0.15) is 13.3 Å². The summed E-state index contributed by atoms with van der Waals surface area (Å²) in [5, 5.41) is 0. The minimum atomic E-state index is -1.12. The first-order chi connectivity index (χ1) is 4.99. The fourth-order valence-electron chi connectivity index (χ4n) is 1.26. The second-order valence-corrected chi connectivity index (χ2v) is 5.61. The van der Waals surface area contributed by atoms with E-state index < -0.39 is 3.79 Å². The highest BCUT2D eigenvalue weighted by Gasteiger charge is 2.32. The number of hydrogen-bond donors (Lipinski definition) is 0. The van der Waals surface area contributed by atoms with Crippen molar-refractivity contribution in [3.63, 3.8) is 0 Å². The van der Waals surface area contributed by atoms with Crippen LogP contribution in [0.15, 0.2) is 0 Å². The Labute approximate surface area is 81.9 Å². The predicted octanol–water partition coefficient (Wildman–Crippen LogP) is 3.03. The van der Waals surface area contributed by atoms with Gasteiger partial charge in [0, 0.05) is 13.2 Å². The quantitative estimate of drug-likeness (QED) is 0.614. The van der Waals surface area contributed by atoms with Crippen LogP contribution in [0.25, 0.3) is 0 Å². The number of ether oxygens (including phenoxy) is 1. The van der Waals surface area contributed by atoms with Gasteiger partial charge in [0.15, 0.2) is 3.79 Å². The summed E-state index contributed by atoms with van der Waals surface area (Å²) in [4.78, 5) is 0. The molecule has 2 atom stereocenters. The molecule has 0 aromatic carbocycles. The normalized spacial score (nSPS) is 32.7.